The van der Waals surface area contributed by atoms with Gasteiger partial charge in [0, 0.05) is 19.7 Å². The second kappa shape index (κ2) is 5.84. The predicted molar refractivity (Wildman–Crippen MR) is 58.5 cm³/mol. The summed E-state index contributed by atoms with van der Waals surface area (Å²) in [5.41, 5.74) is 0.655. The van der Waals surface area contributed by atoms with Crippen molar-refractivity contribution in [2.75, 3.05) is 20.3 Å². The minimum Gasteiger partial charge on any atom is -0.383 e. The van der Waals surface area contributed by atoms with Gasteiger partial charge >= 0.3 is 0 Å². The standard InChI is InChI=1S/C10H21NO.ClH/c1-4-10(5-6-10)8-11-9(2)7-12-3;/h9,11H,4-8H2,1-3H3;1H. The molecule has 0 aromatic heterocycles. The van der Waals surface area contributed by atoms with E-state index in [2.05, 4.69) is 19.2 Å². The van der Waals surface area contributed by atoms with E-state index in [9.17, 15) is 0 Å². The third-order valence-electron chi connectivity index (χ3n) is 2.95. The van der Waals surface area contributed by atoms with Gasteiger partial charge in [-0.05, 0) is 31.6 Å². The van der Waals surface area contributed by atoms with Gasteiger partial charge in [0.25, 0.3) is 0 Å². The topological polar surface area (TPSA) is 21.3 Å². The third kappa shape index (κ3) is 4.30. The zero-order valence-electron chi connectivity index (χ0n) is 8.93. The van der Waals surface area contributed by atoms with E-state index in [-0.39, 0.29) is 12.4 Å². The molecule has 1 aliphatic carbocycles. The summed E-state index contributed by atoms with van der Waals surface area (Å²) in [4.78, 5) is 0. The Hall–Kier alpha value is 0.210. The maximum atomic E-state index is 5.06. The summed E-state index contributed by atoms with van der Waals surface area (Å²) < 4.78 is 5.06. The second-order valence-electron chi connectivity index (χ2n) is 4.09. The normalized spacial score (nSPS) is 20.5. The molecule has 0 saturated heterocycles. The van der Waals surface area contributed by atoms with E-state index in [0.717, 1.165) is 6.61 Å². The van der Waals surface area contributed by atoms with Crippen molar-refractivity contribution in [1.82, 2.24) is 5.32 Å². The molecule has 80 valence electrons. The maximum absolute atomic E-state index is 5.06. The lowest BCUT2D eigenvalue weighted by Gasteiger charge is -2.17. The first-order valence-corrected chi connectivity index (χ1v) is 4.95. The van der Waals surface area contributed by atoms with Gasteiger partial charge in [0.15, 0.2) is 0 Å². The summed E-state index contributed by atoms with van der Waals surface area (Å²) in [5, 5.41) is 3.51. The molecule has 13 heavy (non-hydrogen) atoms. The Labute approximate surface area is 87.8 Å². The fourth-order valence-corrected chi connectivity index (χ4v) is 1.53. The minimum atomic E-state index is 0. The van der Waals surface area contributed by atoms with E-state index in [1.165, 1.54) is 25.8 Å². The highest BCUT2D eigenvalue weighted by molar-refractivity contribution is 5.85. The minimum absolute atomic E-state index is 0. The van der Waals surface area contributed by atoms with E-state index in [1.807, 2.05) is 0 Å². The zero-order chi connectivity index (χ0) is 9.03. The molecule has 0 aromatic rings. The van der Waals surface area contributed by atoms with Crippen LogP contribution in [-0.4, -0.2) is 26.3 Å². The number of nitrogens with one attached hydrogen (secondary N) is 1. The number of methoxy groups -OCH3 is 1. The van der Waals surface area contributed by atoms with Crippen LogP contribution in [0.2, 0.25) is 0 Å². The van der Waals surface area contributed by atoms with Gasteiger partial charge in [0.2, 0.25) is 0 Å². The van der Waals surface area contributed by atoms with E-state index in [1.54, 1.807) is 7.11 Å². The first-order chi connectivity index (χ1) is 5.72. The van der Waals surface area contributed by atoms with E-state index >= 15 is 0 Å². The van der Waals surface area contributed by atoms with Crippen LogP contribution in [0.4, 0.5) is 0 Å². The van der Waals surface area contributed by atoms with Crippen LogP contribution in [0.5, 0.6) is 0 Å². The van der Waals surface area contributed by atoms with Crippen LogP contribution in [-0.2, 0) is 4.74 Å². The lowest BCUT2D eigenvalue weighted by molar-refractivity contribution is 0.169. The smallest absolute Gasteiger partial charge is 0.0613 e. The quantitative estimate of drug-likeness (QED) is 0.722. The molecule has 1 fully saturated rings. The zero-order valence-corrected chi connectivity index (χ0v) is 9.75. The molecule has 1 saturated carbocycles. The lowest BCUT2D eigenvalue weighted by atomic mass is 10.0. The summed E-state index contributed by atoms with van der Waals surface area (Å²) >= 11 is 0. The molecule has 0 aromatic carbocycles. The summed E-state index contributed by atoms with van der Waals surface area (Å²) in [6, 6.07) is 0.499. The molecule has 0 aliphatic heterocycles. The monoisotopic (exact) mass is 207 g/mol. The van der Waals surface area contributed by atoms with E-state index in [0.29, 0.717) is 11.5 Å². The van der Waals surface area contributed by atoms with Crippen molar-refractivity contribution in [3.05, 3.63) is 0 Å². The van der Waals surface area contributed by atoms with Crippen molar-refractivity contribution >= 4 is 12.4 Å². The van der Waals surface area contributed by atoms with Crippen LogP contribution in [0.15, 0.2) is 0 Å². The van der Waals surface area contributed by atoms with Crippen molar-refractivity contribution in [1.29, 1.82) is 0 Å². The van der Waals surface area contributed by atoms with Crippen LogP contribution in [0.25, 0.3) is 0 Å². The van der Waals surface area contributed by atoms with Gasteiger partial charge in [-0.2, -0.15) is 0 Å². The van der Waals surface area contributed by atoms with Gasteiger partial charge in [0.05, 0.1) is 6.61 Å². The molecule has 0 spiro atoms. The van der Waals surface area contributed by atoms with Gasteiger partial charge in [0.1, 0.15) is 0 Å². The van der Waals surface area contributed by atoms with Crippen LogP contribution < -0.4 is 5.32 Å². The van der Waals surface area contributed by atoms with Crippen LogP contribution in [0.3, 0.4) is 0 Å². The summed E-state index contributed by atoms with van der Waals surface area (Å²) in [6.07, 6.45) is 4.14. The average Bonchev–Trinajstić information content (AvgIpc) is 2.82. The summed E-state index contributed by atoms with van der Waals surface area (Å²) in [6.45, 7) is 6.46. The first-order valence-electron chi connectivity index (χ1n) is 4.95. The van der Waals surface area contributed by atoms with Gasteiger partial charge in [-0.1, -0.05) is 6.92 Å². The largest absolute Gasteiger partial charge is 0.383 e. The van der Waals surface area contributed by atoms with Gasteiger partial charge < -0.3 is 10.1 Å². The van der Waals surface area contributed by atoms with Crippen LogP contribution in [0, 0.1) is 5.41 Å². The highest BCUT2D eigenvalue weighted by atomic mass is 35.5. The van der Waals surface area contributed by atoms with Crippen molar-refractivity contribution in [2.24, 2.45) is 5.41 Å². The molecular weight excluding hydrogens is 186 g/mol. The van der Waals surface area contributed by atoms with E-state index in [4.69, 9.17) is 4.74 Å². The molecule has 0 heterocycles. The Bertz CT molecular complexity index is 137. The molecule has 0 radical (unpaired) electrons. The maximum Gasteiger partial charge on any atom is 0.0613 e. The van der Waals surface area contributed by atoms with Gasteiger partial charge in [-0.25, -0.2) is 0 Å². The second-order valence-corrected chi connectivity index (χ2v) is 4.09. The molecule has 2 nitrogen and oxygen atoms in total. The molecule has 1 N–H and O–H groups in total. The Morgan fingerprint density at radius 2 is 2.08 bits per heavy atom. The van der Waals surface area contributed by atoms with Crippen molar-refractivity contribution in [3.8, 4) is 0 Å². The molecule has 1 aliphatic rings. The molecule has 0 bridgehead atoms. The summed E-state index contributed by atoms with van der Waals surface area (Å²) in [7, 11) is 1.75. The molecule has 0 amide bonds. The number of halogens is 1. The fraction of sp³-hybridized carbons (Fsp3) is 1.00. The van der Waals surface area contributed by atoms with Crippen LogP contribution in [0.1, 0.15) is 33.1 Å². The van der Waals surface area contributed by atoms with Crippen molar-refractivity contribution < 1.29 is 4.74 Å². The predicted octanol–water partition coefficient (Wildman–Crippen LogP) is 2.22. The van der Waals surface area contributed by atoms with Crippen molar-refractivity contribution in [3.63, 3.8) is 0 Å². The Balaban J connectivity index is 0.00000144. The fourth-order valence-electron chi connectivity index (χ4n) is 1.53. The SMILES string of the molecule is CCC1(CNC(C)COC)CC1.Cl. The van der Waals surface area contributed by atoms with E-state index < -0.39 is 0 Å². The van der Waals surface area contributed by atoms with Gasteiger partial charge in [-0.3, -0.25) is 0 Å². The van der Waals surface area contributed by atoms with Crippen LogP contribution >= 0.6 is 12.4 Å². The molecule has 1 atom stereocenters. The Morgan fingerprint density at radius 1 is 1.46 bits per heavy atom. The van der Waals surface area contributed by atoms with Gasteiger partial charge in [-0.15, -0.1) is 12.4 Å². The molecule has 1 rings (SSSR count). The Morgan fingerprint density at radius 3 is 2.46 bits per heavy atom. The highest BCUT2D eigenvalue weighted by Gasteiger charge is 2.40. The molecular formula is C10H22ClNO. The first kappa shape index (κ1) is 13.2. The highest BCUT2D eigenvalue weighted by Crippen LogP contribution is 2.47. The number of hydrogen-bond donors (Lipinski definition) is 1. The number of rotatable bonds is 6. The van der Waals surface area contributed by atoms with Crippen molar-refractivity contribution in [2.45, 2.75) is 39.2 Å². The Kier molecular flexibility index (Phi) is 5.93. The molecule has 3 heteroatoms. The lowest BCUT2D eigenvalue weighted by Crippen LogP contribution is -2.34. The summed E-state index contributed by atoms with van der Waals surface area (Å²) in [5.74, 6) is 0. The number of ether oxygens (including phenoxy) is 1. The average molecular weight is 208 g/mol. The molecule has 1 unspecified atom stereocenters. The third-order valence-corrected chi connectivity index (χ3v) is 2.95. The number of hydrogen-bond acceptors (Lipinski definition) is 2.